The Balaban J connectivity index is 2.31. The first-order valence-corrected chi connectivity index (χ1v) is 6.29. The predicted molar refractivity (Wildman–Crippen MR) is 75.5 cm³/mol. The largest absolute Gasteiger partial charge is 0.327 e. The molecule has 1 heterocycles. The van der Waals surface area contributed by atoms with Gasteiger partial charge < -0.3 is 11.1 Å². The monoisotopic (exact) mass is 278 g/mol. The third-order valence-corrected chi connectivity index (χ3v) is 2.81. The highest BCUT2D eigenvalue weighted by atomic mass is 35.5. The summed E-state index contributed by atoms with van der Waals surface area (Å²) in [6.07, 6.45) is 3.67. The van der Waals surface area contributed by atoms with Crippen LogP contribution in [-0.2, 0) is 4.79 Å². The van der Waals surface area contributed by atoms with Gasteiger partial charge in [0, 0.05) is 24.9 Å². The molecule has 1 unspecified atom stereocenters. The maximum Gasteiger partial charge on any atom is 0.225 e. The number of rotatable bonds is 4. The van der Waals surface area contributed by atoms with E-state index in [-0.39, 0.29) is 18.4 Å². The average Bonchev–Trinajstić information content (AvgIpc) is 2.81. The molecule has 0 saturated carbocycles. The summed E-state index contributed by atoms with van der Waals surface area (Å²) in [4.78, 5) is 11.8. The molecule has 100 valence electrons. The van der Waals surface area contributed by atoms with E-state index >= 15 is 0 Å². The lowest BCUT2D eigenvalue weighted by atomic mass is 10.2. The molecule has 6 heteroatoms. The Morgan fingerprint density at radius 1 is 1.53 bits per heavy atom. The summed E-state index contributed by atoms with van der Waals surface area (Å²) in [6.45, 7) is 1.78. The van der Waals surface area contributed by atoms with Crippen LogP contribution in [0.2, 0.25) is 5.02 Å². The Morgan fingerprint density at radius 3 is 2.95 bits per heavy atom. The molecule has 0 fully saturated rings. The number of hydrogen-bond donors (Lipinski definition) is 2. The van der Waals surface area contributed by atoms with Crippen LogP contribution in [0.5, 0.6) is 0 Å². The molecule has 1 amide bonds. The van der Waals surface area contributed by atoms with Gasteiger partial charge in [-0.15, -0.1) is 0 Å². The summed E-state index contributed by atoms with van der Waals surface area (Å²) in [7, 11) is 0. The summed E-state index contributed by atoms with van der Waals surface area (Å²) in [5.41, 5.74) is 6.86. The molecule has 1 aromatic carbocycles. The Bertz CT molecular complexity index is 566. The lowest BCUT2D eigenvalue weighted by Gasteiger charge is -2.13. The fourth-order valence-electron chi connectivity index (χ4n) is 1.74. The number of carbonyl (C=O) groups excluding carboxylic acids is 1. The zero-order valence-corrected chi connectivity index (χ0v) is 11.3. The van der Waals surface area contributed by atoms with Crippen molar-refractivity contribution < 1.29 is 4.79 Å². The van der Waals surface area contributed by atoms with Crippen molar-refractivity contribution in [3.8, 4) is 5.69 Å². The van der Waals surface area contributed by atoms with E-state index in [0.29, 0.717) is 16.4 Å². The second-order valence-corrected chi connectivity index (χ2v) is 4.72. The summed E-state index contributed by atoms with van der Waals surface area (Å²) in [6, 6.07) is 6.91. The third kappa shape index (κ3) is 3.33. The smallest absolute Gasteiger partial charge is 0.225 e. The van der Waals surface area contributed by atoms with Crippen LogP contribution < -0.4 is 11.1 Å². The van der Waals surface area contributed by atoms with E-state index in [0.717, 1.165) is 0 Å². The summed E-state index contributed by atoms with van der Waals surface area (Å²) in [5, 5.41) is 7.46. The van der Waals surface area contributed by atoms with Gasteiger partial charge in [0.2, 0.25) is 5.91 Å². The minimum Gasteiger partial charge on any atom is -0.327 e. The van der Waals surface area contributed by atoms with Crippen molar-refractivity contribution in [2.45, 2.75) is 19.4 Å². The molecule has 2 rings (SSSR count). The van der Waals surface area contributed by atoms with Gasteiger partial charge in [-0.2, -0.15) is 5.10 Å². The Labute approximate surface area is 116 Å². The molecule has 0 aliphatic rings. The van der Waals surface area contributed by atoms with Gasteiger partial charge in [-0.1, -0.05) is 17.7 Å². The lowest BCUT2D eigenvalue weighted by Crippen LogP contribution is -2.24. The van der Waals surface area contributed by atoms with E-state index in [1.54, 1.807) is 48.3 Å². The zero-order chi connectivity index (χ0) is 13.8. The molecule has 0 aliphatic carbocycles. The van der Waals surface area contributed by atoms with Crippen LogP contribution in [0.3, 0.4) is 0 Å². The topological polar surface area (TPSA) is 72.9 Å². The van der Waals surface area contributed by atoms with E-state index in [4.69, 9.17) is 17.3 Å². The molecular weight excluding hydrogens is 264 g/mol. The summed E-state index contributed by atoms with van der Waals surface area (Å²) in [5.74, 6) is -0.148. The van der Waals surface area contributed by atoms with E-state index in [1.807, 2.05) is 0 Å². The molecule has 0 aliphatic heterocycles. The maximum absolute atomic E-state index is 11.8. The molecule has 0 saturated heterocycles. The number of aromatic nitrogens is 2. The number of nitrogens with one attached hydrogen (secondary N) is 1. The average molecular weight is 279 g/mol. The molecule has 3 N–H and O–H groups in total. The number of hydrogen-bond acceptors (Lipinski definition) is 3. The van der Waals surface area contributed by atoms with E-state index < -0.39 is 0 Å². The SMILES string of the molecule is CC(N)CC(=O)Nc1cccc(Cl)c1-n1cccn1. The molecule has 1 atom stereocenters. The van der Waals surface area contributed by atoms with Crippen LogP contribution >= 0.6 is 11.6 Å². The van der Waals surface area contributed by atoms with Crippen molar-refractivity contribution in [2.75, 3.05) is 5.32 Å². The standard InChI is InChI=1S/C13H15ClN4O/c1-9(15)8-12(19)17-11-5-2-4-10(14)13(11)18-7-3-6-16-18/h2-7,9H,8,15H2,1H3,(H,17,19). The Hall–Kier alpha value is -1.85. The highest BCUT2D eigenvalue weighted by Crippen LogP contribution is 2.28. The predicted octanol–water partition coefficient (Wildman–Crippen LogP) is 2.20. The molecule has 19 heavy (non-hydrogen) atoms. The summed E-state index contributed by atoms with van der Waals surface area (Å²) >= 11 is 6.17. The fourth-order valence-corrected chi connectivity index (χ4v) is 2.00. The van der Waals surface area contributed by atoms with Gasteiger partial charge in [0.15, 0.2) is 0 Å². The van der Waals surface area contributed by atoms with E-state index in [1.165, 1.54) is 0 Å². The van der Waals surface area contributed by atoms with Crippen molar-refractivity contribution >= 4 is 23.2 Å². The van der Waals surface area contributed by atoms with Crippen LogP contribution in [0.15, 0.2) is 36.7 Å². The van der Waals surface area contributed by atoms with Gasteiger partial charge >= 0.3 is 0 Å². The second kappa shape index (κ2) is 5.86. The second-order valence-electron chi connectivity index (χ2n) is 4.32. The molecular formula is C13H15ClN4O. The van der Waals surface area contributed by atoms with Gasteiger partial charge in [-0.05, 0) is 25.1 Å². The zero-order valence-electron chi connectivity index (χ0n) is 10.5. The first-order chi connectivity index (χ1) is 9.08. The molecule has 0 radical (unpaired) electrons. The number of nitrogens with zero attached hydrogens (tertiary/aromatic N) is 2. The van der Waals surface area contributed by atoms with Crippen LogP contribution in [0.1, 0.15) is 13.3 Å². The fraction of sp³-hybridized carbons (Fsp3) is 0.231. The van der Waals surface area contributed by atoms with Crippen molar-refractivity contribution in [3.05, 3.63) is 41.7 Å². The third-order valence-electron chi connectivity index (χ3n) is 2.50. The number of nitrogens with two attached hydrogens (primary N) is 1. The molecule has 0 spiro atoms. The van der Waals surface area contributed by atoms with Gasteiger partial charge in [0.1, 0.15) is 5.69 Å². The van der Waals surface area contributed by atoms with Gasteiger partial charge in [-0.25, -0.2) is 4.68 Å². The van der Waals surface area contributed by atoms with Gasteiger partial charge in [-0.3, -0.25) is 4.79 Å². The quantitative estimate of drug-likeness (QED) is 0.900. The lowest BCUT2D eigenvalue weighted by molar-refractivity contribution is -0.116. The van der Waals surface area contributed by atoms with Crippen molar-refractivity contribution in [3.63, 3.8) is 0 Å². The molecule has 2 aromatic rings. The number of anilines is 1. The van der Waals surface area contributed by atoms with Gasteiger partial charge in [0.25, 0.3) is 0 Å². The number of halogens is 1. The Kier molecular flexibility index (Phi) is 4.19. The molecule has 1 aromatic heterocycles. The van der Waals surface area contributed by atoms with E-state index in [2.05, 4.69) is 10.4 Å². The van der Waals surface area contributed by atoms with E-state index in [9.17, 15) is 4.79 Å². The normalized spacial score (nSPS) is 12.2. The van der Waals surface area contributed by atoms with Gasteiger partial charge in [0.05, 0.1) is 10.7 Å². The van der Waals surface area contributed by atoms with Crippen LogP contribution in [-0.4, -0.2) is 21.7 Å². The minimum absolute atomic E-state index is 0.148. The van der Waals surface area contributed by atoms with Crippen molar-refractivity contribution in [2.24, 2.45) is 5.73 Å². The number of benzene rings is 1. The Morgan fingerprint density at radius 2 is 2.32 bits per heavy atom. The van der Waals surface area contributed by atoms with Crippen molar-refractivity contribution in [1.82, 2.24) is 9.78 Å². The number of carbonyl (C=O) groups is 1. The van der Waals surface area contributed by atoms with Crippen molar-refractivity contribution in [1.29, 1.82) is 0 Å². The first kappa shape index (κ1) is 13.6. The minimum atomic E-state index is -0.188. The van der Waals surface area contributed by atoms with Crippen LogP contribution in [0.25, 0.3) is 5.69 Å². The van der Waals surface area contributed by atoms with Crippen LogP contribution in [0.4, 0.5) is 5.69 Å². The van der Waals surface area contributed by atoms with Crippen LogP contribution in [0, 0.1) is 0 Å². The highest BCUT2D eigenvalue weighted by molar-refractivity contribution is 6.33. The highest BCUT2D eigenvalue weighted by Gasteiger charge is 2.13. The molecule has 0 bridgehead atoms. The number of amides is 1. The first-order valence-electron chi connectivity index (χ1n) is 5.92. The molecule has 5 nitrogen and oxygen atoms in total. The maximum atomic E-state index is 11.8. The summed E-state index contributed by atoms with van der Waals surface area (Å²) < 4.78 is 1.61. The number of para-hydroxylation sites is 1.